The predicted molar refractivity (Wildman–Crippen MR) is 93.3 cm³/mol. The second kappa shape index (κ2) is 7.67. The molecule has 1 N–H and O–H groups in total. The van der Waals surface area contributed by atoms with E-state index in [9.17, 15) is 0 Å². The van der Waals surface area contributed by atoms with Crippen LogP contribution >= 0.6 is 12.6 Å². The Hall–Kier alpha value is 0.230. The summed E-state index contributed by atoms with van der Waals surface area (Å²) in [6.45, 7) is 12.7. The molecule has 1 heterocycles. The lowest BCUT2D eigenvalue weighted by molar-refractivity contribution is -0.0870. The molecule has 0 unspecified atom stereocenters. The second-order valence-electron chi connectivity index (χ2n) is 8.01. The van der Waals surface area contributed by atoms with Crippen LogP contribution in [-0.2, 0) is 4.74 Å². The molecule has 0 radical (unpaired) electrons. The van der Waals surface area contributed by atoms with Crippen LogP contribution in [0.25, 0.3) is 0 Å². The molecule has 2 rings (SSSR count). The van der Waals surface area contributed by atoms with Gasteiger partial charge in [0, 0.05) is 37.0 Å². The quantitative estimate of drug-likeness (QED) is 0.707. The Labute approximate surface area is 136 Å². The van der Waals surface area contributed by atoms with E-state index in [1.807, 2.05) is 0 Å². The Morgan fingerprint density at radius 3 is 2.33 bits per heavy atom. The van der Waals surface area contributed by atoms with Crippen LogP contribution in [0.2, 0.25) is 0 Å². The Balaban J connectivity index is 1.59. The Kier molecular flexibility index (Phi) is 6.42. The highest BCUT2D eigenvalue weighted by Gasteiger charge is 2.35. The summed E-state index contributed by atoms with van der Waals surface area (Å²) in [6, 6.07) is 0.623. The fourth-order valence-corrected chi connectivity index (χ4v) is 3.50. The summed E-state index contributed by atoms with van der Waals surface area (Å²) in [6.07, 6.45) is 5.75. The first kappa shape index (κ1) is 17.6. The number of thiol groups is 1. The van der Waals surface area contributed by atoms with Crippen LogP contribution in [0.15, 0.2) is 0 Å². The van der Waals surface area contributed by atoms with Gasteiger partial charge in [0.05, 0.1) is 12.2 Å². The minimum atomic E-state index is 0.140. The number of nitrogens with zero attached hydrogens (tertiary/aromatic N) is 1. The van der Waals surface area contributed by atoms with Crippen molar-refractivity contribution in [2.45, 2.75) is 77.2 Å². The van der Waals surface area contributed by atoms with Crippen molar-refractivity contribution in [1.82, 2.24) is 10.2 Å². The predicted octanol–water partition coefficient (Wildman–Crippen LogP) is 2.95. The number of ether oxygens (including phenoxy) is 1. The SMILES string of the molecule is CC(C)CN1CCC(OC2CC(NC(C)(C)CS)C2)CC1. The first-order chi connectivity index (χ1) is 9.88. The van der Waals surface area contributed by atoms with Gasteiger partial charge in [0.25, 0.3) is 0 Å². The number of hydrogen-bond acceptors (Lipinski definition) is 4. The van der Waals surface area contributed by atoms with Crippen molar-refractivity contribution < 1.29 is 4.74 Å². The first-order valence-corrected chi connectivity index (χ1v) is 9.27. The third-order valence-corrected chi connectivity index (χ3v) is 5.42. The third-order valence-electron chi connectivity index (χ3n) is 4.63. The van der Waals surface area contributed by atoms with Crippen molar-refractivity contribution in [3.8, 4) is 0 Å². The van der Waals surface area contributed by atoms with Crippen LogP contribution in [0.4, 0.5) is 0 Å². The summed E-state index contributed by atoms with van der Waals surface area (Å²) in [5.41, 5.74) is 0.140. The fourth-order valence-electron chi connectivity index (χ4n) is 3.41. The molecule has 0 aromatic heterocycles. The monoisotopic (exact) mass is 314 g/mol. The molecular weight excluding hydrogens is 280 g/mol. The largest absolute Gasteiger partial charge is 0.375 e. The molecule has 2 aliphatic rings. The van der Waals surface area contributed by atoms with Gasteiger partial charge in [-0.25, -0.2) is 0 Å². The maximum atomic E-state index is 6.27. The molecule has 2 fully saturated rings. The molecule has 1 aliphatic carbocycles. The minimum Gasteiger partial charge on any atom is -0.375 e. The van der Waals surface area contributed by atoms with Gasteiger partial charge in [-0.1, -0.05) is 13.8 Å². The van der Waals surface area contributed by atoms with E-state index in [0.717, 1.165) is 11.7 Å². The number of nitrogens with one attached hydrogen (secondary N) is 1. The molecule has 0 amide bonds. The molecule has 0 atom stereocenters. The third kappa shape index (κ3) is 5.74. The first-order valence-electron chi connectivity index (χ1n) is 8.64. The van der Waals surface area contributed by atoms with Crippen LogP contribution in [0.3, 0.4) is 0 Å². The number of hydrogen-bond donors (Lipinski definition) is 2. The molecular formula is C17H34N2OS. The van der Waals surface area contributed by atoms with Crippen LogP contribution in [-0.4, -0.2) is 54.1 Å². The van der Waals surface area contributed by atoms with Crippen molar-refractivity contribution in [2.75, 3.05) is 25.4 Å². The zero-order chi connectivity index (χ0) is 15.5. The van der Waals surface area contributed by atoms with Gasteiger partial charge in [0.15, 0.2) is 0 Å². The van der Waals surface area contributed by atoms with Crippen LogP contribution in [0.5, 0.6) is 0 Å². The van der Waals surface area contributed by atoms with Gasteiger partial charge in [-0.3, -0.25) is 0 Å². The Morgan fingerprint density at radius 1 is 1.19 bits per heavy atom. The van der Waals surface area contributed by atoms with Gasteiger partial charge in [-0.15, -0.1) is 0 Å². The van der Waals surface area contributed by atoms with E-state index in [4.69, 9.17) is 4.74 Å². The normalized spacial score (nSPS) is 28.9. The summed E-state index contributed by atoms with van der Waals surface area (Å²) < 4.78 is 6.27. The number of likely N-dealkylation sites (tertiary alicyclic amines) is 1. The summed E-state index contributed by atoms with van der Waals surface area (Å²) in [5, 5.41) is 3.67. The maximum Gasteiger partial charge on any atom is 0.0608 e. The molecule has 0 spiro atoms. The minimum absolute atomic E-state index is 0.140. The van der Waals surface area contributed by atoms with Gasteiger partial charge < -0.3 is 15.0 Å². The molecule has 3 nitrogen and oxygen atoms in total. The molecule has 124 valence electrons. The van der Waals surface area contributed by atoms with Gasteiger partial charge in [-0.05, 0) is 45.4 Å². The van der Waals surface area contributed by atoms with Gasteiger partial charge >= 0.3 is 0 Å². The van der Waals surface area contributed by atoms with Crippen molar-refractivity contribution in [1.29, 1.82) is 0 Å². The van der Waals surface area contributed by atoms with Gasteiger partial charge in [-0.2, -0.15) is 12.6 Å². The number of piperidine rings is 1. The lowest BCUT2D eigenvalue weighted by atomic mass is 9.87. The lowest BCUT2D eigenvalue weighted by Crippen LogP contribution is -2.55. The van der Waals surface area contributed by atoms with E-state index in [0.29, 0.717) is 18.2 Å². The highest BCUT2D eigenvalue weighted by Crippen LogP contribution is 2.29. The molecule has 4 heteroatoms. The molecule has 0 bridgehead atoms. The summed E-state index contributed by atoms with van der Waals surface area (Å²) >= 11 is 4.40. The maximum absolute atomic E-state index is 6.27. The zero-order valence-corrected chi connectivity index (χ0v) is 15.2. The van der Waals surface area contributed by atoms with E-state index in [1.54, 1.807) is 0 Å². The molecule has 1 saturated heterocycles. The highest BCUT2D eigenvalue weighted by atomic mass is 32.1. The van der Waals surface area contributed by atoms with Gasteiger partial charge in [0.1, 0.15) is 0 Å². The highest BCUT2D eigenvalue weighted by molar-refractivity contribution is 7.80. The average molecular weight is 315 g/mol. The number of rotatable bonds is 7. The molecule has 21 heavy (non-hydrogen) atoms. The fraction of sp³-hybridized carbons (Fsp3) is 1.00. The molecule has 0 aromatic carbocycles. The van der Waals surface area contributed by atoms with E-state index < -0.39 is 0 Å². The summed E-state index contributed by atoms with van der Waals surface area (Å²) in [4.78, 5) is 2.59. The average Bonchev–Trinajstić information content (AvgIpc) is 2.37. The van der Waals surface area contributed by atoms with E-state index in [-0.39, 0.29) is 5.54 Å². The summed E-state index contributed by atoms with van der Waals surface area (Å²) in [5.74, 6) is 1.65. The molecule has 1 aliphatic heterocycles. The molecule has 1 saturated carbocycles. The van der Waals surface area contributed by atoms with Gasteiger partial charge in [0.2, 0.25) is 0 Å². The van der Waals surface area contributed by atoms with Crippen molar-refractivity contribution in [2.24, 2.45) is 5.92 Å². The van der Waals surface area contributed by atoms with Crippen molar-refractivity contribution >= 4 is 12.6 Å². The molecule has 0 aromatic rings. The Morgan fingerprint density at radius 2 is 1.81 bits per heavy atom. The van der Waals surface area contributed by atoms with Crippen LogP contribution in [0, 0.1) is 5.92 Å². The standard InChI is InChI=1S/C17H34N2OS/c1-13(2)11-19-7-5-15(6-8-19)20-16-9-14(10-16)18-17(3,4)12-21/h13-16,18,21H,5-12H2,1-4H3. The van der Waals surface area contributed by atoms with Crippen LogP contribution in [0.1, 0.15) is 53.4 Å². The Bertz CT molecular complexity index is 308. The smallest absolute Gasteiger partial charge is 0.0608 e. The second-order valence-corrected chi connectivity index (χ2v) is 8.32. The lowest BCUT2D eigenvalue weighted by Gasteiger charge is -2.43. The van der Waals surface area contributed by atoms with Crippen molar-refractivity contribution in [3.05, 3.63) is 0 Å². The van der Waals surface area contributed by atoms with E-state index in [1.165, 1.54) is 45.3 Å². The van der Waals surface area contributed by atoms with Crippen LogP contribution < -0.4 is 5.32 Å². The van der Waals surface area contributed by atoms with Crippen molar-refractivity contribution in [3.63, 3.8) is 0 Å². The van der Waals surface area contributed by atoms with E-state index >= 15 is 0 Å². The van der Waals surface area contributed by atoms with E-state index in [2.05, 4.69) is 50.5 Å². The topological polar surface area (TPSA) is 24.5 Å². The summed E-state index contributed by atoms with van der Waals surface area (Å²) in [7, 11) is 0. The zero-order valence-electron chi connectivity index (χ0n) is 14.3.